The summed E-state index contributed by atoms with van der Waals surface area (Å²) < 4.78 is 1.29. The number of nitro benzene ring substituents is 1. The highest BCUT2D eigenvalue weighted by Gasteiger charge is 2.25. The Labute approximate surface area is 175 Å². The summed E-state index contributed by atoms with van der Waals surface area (Å²) in [5.74, 6) is -0.111. The summed E-state index contributed by atoms with van der Waals surface area (Å²) in [6.07, 6.45) is 1.54. The van der Waals surface area contributed by atoms with Crippen LogP contribution in [0.25, 0.3) is 28.2 Å². The summed E-state index contributed by atoms with van der Waals surface area (Å²) in [4.78, 5) is 41.3. The van der Waals surface area contributed by atoms with Crippen molar-refractivity contribution in [2.75, 3.05) is 5.32 Å². The van der Waals surface area contributed by atoms with Gasteiger partial charge in [-0.3, -0.25) is 24.3 Å². The number of rotatable bonds is 3. The van der Waals surface area contributed by atoms with E-state index >= 15 is 0 Å². The highest BCUT2D eigenvalue weighted by atomic mass is 16.6. The molecule has 1 aromatic heterocycles. The second kappa shape index (κ2) is 7.03. The number of nitro groups is 1. The average molecular weight is 410 g/mol. The molecule has 4 aromatic rings. The number of carbonyl (C=O) groups is 1. The monoisotopic (exact) mass is 410 g/mol. The van der Waals surface area contributed by atoms with Gasteiger partial charge in [0.15, 0.2) is 0 Å². The number of para-hydroxylation sites is 2. The fourth-order valence-electron chi connectivity index (χ4n) is 3.65. The Kier molecular flexibility index (Phi) is 4.18. The van der Waals surface area contributed by atoms with Crippen LogP contribution in [0.15, 0.2) is 77.6 Å². The summed E-state index contributed by atoms with van der Waals surface area (Å²) in [6.45, 7) is 0. The SMILES string of the molecule is O=C1Nc2ccccc2/C1=C\c1nc2ccccc2c(=O)n1-c1cccc([N+](=O)[O-])c1. The molecule has 0 bridgehead atoms. The number of aromatic nitrogens is 2. The minimum atomic E-state index is -0.526. The van der Waals surface area contributed by atoms with Gasteiger partial charge in [0, 0.05) is 23.4 Å². The Balaban J connectivity index is 1.82. The van der Waals surface area contributed by atoms with Gasteiger partial charge in [-0.15, -0.1) is 0 Å². The van der Waals surface area contributed by atoms with E-state index in [9.17, 15) is 19.7 Å². The van der Waals surface area contributed by atoms with Crippen LogP contribution in [0.2, 0.25) is 0 Å². The predicted octanol–water partition coefficient (Wildman–Crippen LogP) is 3.79. The van der Waals surface area contributed by atoms with E-state index < -0.39 is 4.92 Å². The predicted molar refractivity (Wildman–Crippen MR) is 117 cm³/mol. The van der Waals surface area contributed by atoms with Gasteiger partial charge in [-0.25, -0.2) is 4.98 Å². The molecule has 8 heteroatoms. The molecule has 5 rings (SSSR count). The smallest absolute Gasteiger partial charge is 0.271 e. The second-order valence-corrected chi connectivity index (χ2v) is 6.96. The highest BCUT2D eigenvalue weighted by Crippen LogP contribution is 2.32. The lowest BCUT2D eigenvalue weighted by molar-refractivity contribution is -0.384. The second-order valence-electron chi connectivity index (χ2n) is 6.96. The van der Waals surface area contributed by atoms with Crippen LogP contribution in [0, 0.1) is 10.1 Å². The van der Waals surface area contributed by atoms with E-state index in [1.165, 1.54) is 28.8 Å². The molecule has 0 fully saturated rings. The van der Waals surface area contributed by atoms with Crippen molar-refractivity contribution in [3.8, 4) is 5.69 Å². The van der Waals surface area contributed by atoms with Crippen LogP contribution in [0.4, 0.5) is 11.4 Å². The zero-order chi connectivity index (χ0) is 21.5. The van der Waals surface area contributed by atoms with Crippen LogP contribution >= 0.6 is 0 Å². The molecule has 0 saturated heterocycles. The number of carbonyl (C=O) groups excluding carboxylic acids is 1. The van der Waals surface area contributed by atoms with Gasteiger partial charge in [0.25, 0.3) is 17.2 Å². The Morgan fingerprint density at radius 2 is 1.74 bits per heavy atom. The van der Waals surface area contributed by atoms with E-state index in [0.717, 1.165) is 0 Å². The highest BCUT2D eigenvalue weighted by molar-refractivity contribution is 6.34. The lowest BCUT2D eigenvalue weighted by Crippen LogP contribution is -2.22. The van der Waals surface area contributed by atoms with E-state index in [2.05, 4.69) is 10.3 Å². The van der Waals surface area contributed by atoms with Crippen molar-refractivity contribution in [3.05, 3.63) is 105 Å². The number of hydrogen-bond donors (Lipinski definition) is 1. The number of anilines is 1. The van der Waals surface area contributed by atoms with Crippen molar-refractivity contribution in [1.29, 1.82) is 0 Å². The van der Waals surface area contributed by atoms with Crippen LogP contribution in [0.3, 0.4) is 0 Å². The maximum Gasteiger partial charge on any atom is 0.271 e. The molecule has 2 heterocycles. The van der Waals surface area contributed by atoms with Crippen molar-refractivity contribution in [3.63, 3.8) is 0 Å². The van der Waals surface area contributed by atoms with Crippen LogP contribution in [0.5, 0.6) is 0 Å². The van der Waals surface area contributed by atoms with Crippen molar-refractivity contribution in [1.82, 2.24) is 9.55 Å². The number of non-ortho nitro benzene ring substituents is 1. The zero-order valence-electron chi connectivity index (χ0n) is 16.0. The van der Waals surface area contributed by atoms with Gasteiger partial charge in [0.1, 0.15) is 5.82 Å². The zero-order valence-corrected chi connectivity index (χ0v) is 16.0. The fraction of sp³-hybridized carbons (Fsp3) is 0. The van der Waals surface area contributed by atoms with E-state index in [4.69, 9.17) is 0 Å². The number of nitrogens with zero attached hydrogens (tertiary/aromatic N) is 3. The lowest BCUT2D eigenvalue weighted by atomic mass is 10.1. The largest absolute Gasteiger partial charge is 0.321 e. The molecule has 3 aromatic carbocycles. The fourth-order valence-corrected chi connectivity index (χ4v) is 3.65. The van der Waals surface area contributed by atoms with Crippen LogP contribution < -0.4 is 10.9 Å². The molecule has 0 radical (unpaired) electrons. The Morgan fingerprint density at radius 1 is 0.968 bits per heavy atom. The molecule has 150 valence electrons. The molecule has 1 aliphatic heterocycles. The van der Waals surface area contributed by atoms with Crippen LogP contribution in [-0.4, -0.2) is 20.4 Å². The third-order valence-corrected chi connectivity index (χ3v) is 5.08. The molecule has 0 spiro atoms. The Morgan fingerprint density at radius 3 is 2.58 bits per heavy atom. The van der Waals surface area contributed by atoms with Crippen molar-refractivity contribution in [2.45, 2.75) is 0 Å². The van der Waals surface area contributed by atoms with Gasteiger partial charge in [-0.2, -0.15) is 0 Å². The normalized spacial score (nSPS) is 13.9. The molecule has 8 nitrogen and oxygen atoms in total. The van der Waals surface area contributed by atoms with E-state index in [-0.39, 0.29) is 28.7 Å². The first-order valence-corrected chi connectivity index (χ1v) is 9.42. The number of amides is 1. The van der Waals surface area contributed by atoms with Gasteiger partial charge in [-0.1, -0.05) is 36.4 Å². The van der Waals surface area contributed by atoms with Gasteiger partial charge in [0.2, 0.25) is 0 Å². The maximum atomic E-state index is 13.4. The lowest BCUT2D eigenvalue weighted by Gasteiger charge is -2.12. The van der Waals surface area contributed by atoms with Crippen molar-refractivity contribution >= 4 is 39.8 Å². The van der Waals surface area contributed by atoms with Crippen LogP contribution in [0.1, 0.15) is 11.4 Å². The van der Waals surface area contributed by atoms with E-state index in [1.54, 1.807) is 42.5 Å². The molecule has 1 amide bonds. The Bertz CT molecular complexity index is 1490. The summed E-state index contributed by atoms with van der Waals surface area (Å²) in [5.41, 5.74) is 1.94. The standard InChI is InChI=1S/C23H14N4O4/c28-22-18(16-8-1-3-10-19(16)25-22)13-21-24-20-11-4-2-9-17(20)23(29)26(21)14-6-5-7-15(12-14)27(30)31/h1-13H,(H,25,28)/b18-13+. The summed E-state index contributed by atoms with van der Waals surface area (Å²) >= 11 is 0. The van der Waals surface area contributed by atoms with Crippen molar-refractivity contribution in [2.24, 2.45) is 0 Å². The number of nitrogens with one attached hydrogen (secondary N) is 1. The van der Waals surface area contributed by atoms with Crippen molar-refractivity contribution < 1.29 is 9.72 Å². The third-order valence-electron chi connectivity index (χ3n) is 5.08. The van der Waals surface area contributed by atoms with Crippen LogP contribution in [-0.2, 0) is 4.79 Å². The first-order valence-electron chi connectivity index (χ1n) is 9.42. The molecule has 0 unspecified atom stereocenters. The maximum absolute atomic E-state index is 13.4. The summed E-state index contributed by atoms with van der Waals surface area (Å²) in [6, 6.07) is 19.8. The number of benzene rings is 3. The molecule has 31 heavy (non-hydrogen) atoms. The summed E-state index contributed by atoms with van der Waals surface area (Å²) in [7, 11) is 0. The van der Waals surface area contributed by atoms with E-state index in [1.807, 2.05) is 12.1 Å². The first kappa shape index (κ1) is 18.4. The molecular formula is C23H14N4O4. The van der Waals surface area contributed by atoms with E-state index in [0.29, 0.717) is 27.7 Å². The topological polar surface area (TPSA) is 107 Å². The number of fused-ring (bicyclic) bond motifs is 2. The third kappa shape index (κ3) is 3.06. The minimum Gasteiger partial charge on any atom is -0.321 e. The number of hydrogen-bond acceptors (Lipinski definition) is 5. The minimum absolute atomic E-state index is 0.153. The summed E-state index contributed by atoms with van der Waals surface area (Å²) in [5, 5.41) is 14.4. The Hall–Kier alpha value is -4.59. The van der Waals surface area contributed by atoms with Gasteiger partial charge < -0.3 is 5.32 Å². The first-order chi connectivity index (χ1) is 15.0. The molecule has 1 aliphatic rings. The molecule has 0 saturated carbocycles. The van der Waals surface area contributed by atoms with Gasteiger partial charge in [0.05, 0.1) is 27.1 Å². The molecule has 0 aliphatic carbocycles. The average Bonchev–Trinajstić information content (AvgIpc) is 3.09. The van der Waals surface area contributed by atoms with Gasteiger partial charge >= 0.3 is 0 Å². The van der Waals surface area contributed by atoms with Gasteiger partial charge in [-0.05, 0) is 30.3 Å². The molecule has 0 atom stereocenters. The quantitative estimate of drug-likeness (QED) is 0.314. The molecule has 1 N–H and O–H groups in total. The molecular weight excluding hydrogens is 396 g/mol.